The fourth-order valence-electron chi connectivity index (χ4n) is 1.68. The summed E-state index contributed by atoms with van der Waals surface area (Å²) >= 11 is 0. The molecule has 0 radical (unpaired) electrons. The van der Waals surface area contributed by atoms with Gasteiger partial charge in [0.25, 0.3) is 0 Å². The molecule has 0 fully saturated rings. The number of halogens is 3. The van der Waals surface area contributed by atoms with Crippen molar-refractivity contribution in [2.45, 2.75) is 13.1 Å². The van der Waals surface area contributed by atoms with Gasteiger partial charge in [-0.1, -0.05) is 22.7 Å². The van der Waals surface area contributed by atoms with E-state index in [2.05, 4.69) is 0 Å². The van der Waals surface area contributed by atoms with Gasteiger partial charge < -0.3 is 9.57 Å². The summed E-state index contributed by atoms with van der Waals surface area (Å²) < 4.78 is 44.3. The van der Waals surface area contributed by atoms with Gasteiger partial charge in [0.05, 0.1) is 19.1 Å². The maximum absolute atomic E-state index is 12.8. The molecule has 116 valence electrons. The quantitative estimate of drug-likeness (QED) is 0.630. The second kappa shape index (κ2) is 6.48. The molecule has 1 aliphatic rings. The van der Waals surface area contributed by atoms with E-state index in [-0.39, 0.29) is 6.61 Å². The first-order valence-electron chi connectivity index (χ1n) is 6.24. The van der Waals surface area contributed by atoms with Crippen LogP contribution in [-0.2, 0) is 4.74 Å². The second-order valence-electron chi connectivity index (χ2n) is 4.20. The van der Waals surface area contributed by atoms with Crippen LogP contribution in [0.2, 0.25) is 0 Å². The molecule has 0 bridgehead atoms. The molecule has 1 heterocycles. The minimum absolute atomic E-state index is 0.103. The lowest BCUT2D eigenvalue weighted by Gasteiger charge is -2.20. The Labute approximate surface area is 122 Å². The smallest absolute Gasteiger partial charge is 0.397 e. The van der Waals surface area contributed by atoms with E-state index in [1.807, 2.05) is 0 Å². The van der Waals surface area contributed by atoms with Gasteiger partial charge in [-0.25, -0.2) is 4.79 Å². The topological polar surface area (TPSA) is 38.8 Å². The summed E-state index contributed by atoms with van der Waals surface area (Å²) in [4.78, 5) is 17.2. The maximum atomic E-state index is 12.8. The van der Waals surface area contributed by atoms with Crippen molar-refractivity contribution in [3.8, 4) is 5.75 Å². The van der Waals surface area contributed by atoms with Gasteiger partial charge in [0.2, 0.25) is 0 Å². The number of hydrogen-bond acceptors (Lipinski definition) is 4. The number of benzene rings is 1. The Morgan fingerprint density at radius 3 is 2.62 bits per heavy atom. The minimum Gasteiger partial charge on any atom is -0.457 e. The van der Waals surface area contributed by atoms with Crippen LogP contribution in [0.5, 0.6) is 5.75 Å². The average molecular weight is 321 g/mol. The van der Waals surface area contributed by atoms with Crippen LogP contribution in [0.25, 0.3) is 0 Å². The normalized spacial score (nSPS) is 22.7. The van der Waals surface area contributed by atoms with E-state index >= 15 is 0 Å². The molecular formula is C13H14F3NO3S. The molecule has 0 saturated carbocycles. The number of hydrogen-bond donors (Lipinski definition) is 0. The Morgan fingerprint density at radius 1 is 1.38 bits per heavy atom. The van der Waals surface area contributed by atoms with Gasteiger partial charge in [0.1, 0.15) is 5.75 Å². The van der Waals surface area contributed by atoms with Gasteiger partial charge >= 0.3 is 11.5 Å². The van der Waals surface area contributed by atoms with Crippen molar-refractivity contribution >= 4 is 21.3 Å². The summed E-state index contributed by atoms with van der Waals surface area (Å²) in [5.74, 6) is -1.34. The summed E-state index contributed by atoms with van der Waals surface area (Å²) in [7, 11) is -1.48. The Morgan fingerprint density at radius 2 is 2.05 bits per heavy atom. The first kappa shape index (κ1) is 15.8. The molecule has 1 aliphatic heterocycles. The lowest BCUT2D eigenvalue weighted by Crippen LogP contribution is -2.31. The number of para-hydroxylation sites is 1. The highest BCUT2D eigenvalue weighted by atomic mass is 32.2. The standard InChI is InChI=1S/C13H14F3NO3S/c1-2-19-12(18)21-9-10(13(14,15)16)8-17(21)20-11-6-4-3-5-7-11/h3-7,9-10H,2,8H2,1H3. The largest absolute Gasteiger partial charge is 0.457 e. The van der Waals surface area contributed by atoms with Crippen LogP contribution in [0.3, 0.4) is 0 Å². The number of alkyl halides is 3. The first-order valence-corrected chi connectivity index (χ1v) is 7.48. The van der Waals surface area contributed by atoms with Crippen LogP contribution in [0.15, 0.2) is 30.3 Å². The van der Waals surface area contributed by atoms with Crippen LogP contribution >= 0.6 is 10.7 Å². The molecule has 0 amide bonds. The first-order chi connectivity index (χ1) is 9.91. The SMILES string of the molecule is CCOC(=O)S1=CC(C(F)(F)F)CN1Oc1ccccc1. The van der Waals surface area contributed by atoms with Crippen LogP contribution in [0, 0.1) is 5.92 Å². The second-order valence-corrected chi connectivity index (χ2v) is 5.84. The lowest BCUT2D eigenvalue weighted by atomic mass is 10.2. The van der Waals surface area contributed by atoms with E-state index in [1.165, 1.54) is 0 Å². The van der Waals surface area contributed by atoms with Gasteiger partial charge in [0, 0.05) is 10.7 Å². The molecule has 21 heavy (non-hydrogen) atoms. The van der Waals surface area contributed by atoms with Crippen molar-refractivity contribution in [1.82, 2.24) is 4.47 Å². The van der Waals surface area contributed by atoms with E-state index < -0.39 is 34.6 Å². The molecule has 0 spiro atoms. The molecule has 0 saturated heterocycles. The van der Waals surface area contributed by atoms with Crippen LogP contribution < -0.4 is 4.84 Å². The summed E-state index contributed by atoms with van der Waals surface area (Å²) in [6.45, 7) is 1.27. The highest BCUT2D eigenvalue weighted by molar-refractivity contribution is 8.25. The predicted octanol–water partition coefficient (Wildman–Crippen LogP) is 3.62. The third kappa shape index (κ3) is 3.98. The van der Waals surface area contributed by atoms with E-state index in [0.717, 1.165) is 9.84 Å². The van der Waals surface area contributed by atoms with Crippen molar-refractivity contribution in [2.24, 2.45) is 5.92 Å². The molecule has 2 atom stereocenters. The average Bonchev–Trinajstić information content (AvgIpc) is 2.84. The third-order valence-corrected chi connectivity index (χ3v) is 4.37. The molecule has 2 unspecified atom stereocenters. The summed E-state index contributed by atoms with van der Waals surface area (Å²) in [5.41, 5.74) is 0. The third-order valence-electron chi connectivity index (χ3n) is 2.66. The van der Waals surface area contributed by atoms with Crippen LogP contribution in [-0.4, -0.2) is 34.5 Å². The number of hydroxylamine groups is 1. The van der Waals surface area contributed by atoms with Crippen molar-refractivity contribution in [1.29, 1.82) is 0 Å². The number of carbonyl (C=O) groups is 1. The molecule has 2 rings (SSSR count). The molecule has 8 heteroatoms. The molecular weight excluding hydrogens is 307 g/mol. The molecule has 4 nitrogen and oxygen atoms in total. The lowest BCUT2D eigenvalue weighted by molar-refractivity contribution is -0.161. The minimum atomic E-state index is -4.41. The Balaban J connectivity index is 2.19. The highest BCUT2D eigenvalue weighted by Gasteiger charge is 2.45. The summed E-state index contributed by atoms with van der Waals surface area (Å²) in [5, 5.41) is 0.223. The van der Waals surface area contributed by atoms with Gasteiger partial charge in [-0.3, -0.25) is 0 Å². The fourth-order valence-corrected chi connectivity index (χ4v) is 3.37. The van der Waals surface area contributed by atoms with E-state index in [4.69, 9.17) is 9.57 Å². The highest BCUT2D eigenvalue weighted by Crippen LogP contribution is 2.38. The van der Waals surface area contributed by atoms with Crippen molar-refractivity contribution < 1.29 is 27.5 Å². The molecule has 0 N–H and O–H groups in total. The number of ether oxygens (including phenoxy) is 1. The van der Waals surface area contributed by atoms with Gasteiger partial charge in [-0.05, 0) is 24.4 Å². The van der Waals surface area contributed by atoms with E-state index in [9.17, 15) is 18.0 Å². The van der Waals surface area contributed by atoms with Gasteiger partial charge in [-0.2, -0.15) is 13.2 Å². The summed E-state index contributed by atoms with van der Waals surface area (Å²) in [6.07, 6.45) is -4.41. The van der Waals surface area contributed by atoms with Gasteiger partial charge in [0.15, 0.2) is 0 Å². The number of carbonyl (C=O) groups excluding carboxylic acids is 1. The zero-order valence-corrected chi connectivity index (χ0v) is 12.0. The Kier molecular flexibility index (Phi) is 4.89. The predicted molar refractivity (Wildman–Crippen MR) is 74.0 cm³/mol. The van der Waals surface area contributed by atoms with E-state index in [0.29, 0.717) is 5.75 Å². The maximum Gasteiger partial charge on any atom is 0.397 e. The van der Waals surface area contributed by atoms with Crippen molar-refractivity contribution in [3.63, 3.8) is 0 Å². The monoisotopic (exact) mass is 321 g/mol. The zero-order chi connectivity index (χ0) is 15.5. The van der Waals surface area contributed by atoms with E-state index in [1.54, 1.807) is 37.3 Å². The van der Waals surface area contributed by atoms with Crippen molar-refractivity contribution in [3.05, 3.63) is 30.3 Å². The summed E-state index contributed by atoms with van der Waals surface area (Å²) in [6, 6.07) is 8.35. The van der Waals surface area contributed by atoms with Crippen LogP contribution in [0.1, 0.15) is 6.92 Å². The molecule has 1 aromatic rings. The number of rotatable bonds is 3. The molecule has 0 aromatic heterocycles. The molecule has 1 aromatic carbocycles. The van der Waals surface area contributed by atoms with Gasteiger partial charge in [-0.15, -0.1) is 0 Å². The zero-order valence-electron chi connectivity index (χ0n) is 11.2. The Bertz CT molecular complexity index is 533. The Hall–Kier alpha value is -1.54. The fraction of sp³-hybridized carbons (Fsp3) is 0.385. The van der Waals surface area contributed by atoms with Crippen molar-refractivity contribution in [2.75, 3.05) is 13.2 Å². The van der Waals surface area contributed by atoms with Crippen LogP contribution in [0.4, 0.5) is 18.0 Å². The number of nitrogens with zero attached hydrogens (tertiary/aromatic N) is 1. The molecule has 0 aliphatic carbocycles.